The van der Waals surface area contributed by atoms with E-state index in [9.17, 15) is 9.59 Å². The number of rotatable bonds is 11. The second-order valence-corrected chi connectivity index (χ2v) is 11.1. The highest BCUT2D eigenvalue weighted by Crippen LogP contribution is 2.43. The molecule has 3 atom stereocenters. The Kier molecular flexibility index (Phi) is 9.37. The lowest BCUT2D eigenvalue weighted by atomic mass is 9.94. The summed E-state index contributed by atoms with van der Waals surface area (Å²) >= 11 is 0. The average molecular weight is 577 g/mol. The first-order chi connectivity index (χ1) is 20.9. The van der Waals surface area contributed by atoms with Gasteiger partial charge in [-0.05, 0) is 64.4 Å². The normalized spacial score (nSPS) is 20.0. The lowest BCUT2D eigenvalue weighted by Gasteiger charge is -2.28. The van der Waals surface area contributed by atoms with Crippen molar-refractivity contribution in [3.05, 3.63) is 114 Å². The molecule has 222 valence electrons. The molecule has 43 heavy (non-hydrogen) atoms. The molecule has 0 bridgehead atoms. The Morgan fingerprint density at radius 3 is 2.58 bits per heavy atom. The molecule has 8 heteroatoms. The van der Waals surface area contributed by atoms with E-state index in [-0.39, 0.29) is 29.7 Å². The summed E-state index contributed by atoms with van der Waals surface area (Å²) in [5, 5.41) is 8.74. The van der Waals surface area contributed by atoms with Crippen LogP contribution in [0.1, 0.15) is 46.7 Å². The van der Waals surface area contributed by atoms with Gasteiger partial charge in [0, 0.05) is 43.7 Å². The molecule has 3 aromatic carbocycles. The van der Waals surface area contributed by atoms with Gasteiger partial charge < -0.3 is 27.0 Å². The quantitative estimate of drug-likeness (QED) is 0.155. The van der Waals surface area contributed by atoms with Crippen LogP contribution in [-0.2, 0) is 4.79 Å². The van der Waals surface area contributed by atoms with E-state index >= 15 is 0 Å². The molecule has 1 aliphatic heterocycles. The third-order valence-electron chi connectivity index (χ3n) is 8.40. The summed E-state index contributed by atoms with van der Waals surface area (Å²) in [4.78, 5) is 33.1. The van der Waals surface area contributed by atoms with Crippen LogP contribution in [0.3, 0.4) is 0 Å². The first kappa shape index (κ1) is 29.8. The van der Waals surface area contributed by atoms with Crippen molar-refractivity contribution in [2.75, 3.05) is 26.2 Å². The minimum atomic E-state index is -0.425. The minimum absolute atomic E-state index is 0.0112. The van der Waals surface area contributed by atoms with Crippen LogP contribution >= 0.6 is 0 Å². The highest BCUT2D eigenvalue weighted by atomic mass is 16.2. The smallest absolute Gasteiger partial charge is 0.251 e. The zero-order valence-electron chi connectivity index (χ0n) is 24.5. The molecule has 6 N–H and O–H groups in total. The van der Waals surface area contributed by atoms with Crippen molar-refractivity contribution in [2.24, 2.45) is 16.5 Å². The van der Waals surface area contributed by atoms with Gasteiger partial charge in [-0.15, -0.1) is 0 Å². The molecular weight excluding hydrogens is 536 g/mol. The van der Waals surface area contributed by atoms with Crippen molar-refractivity contribution in [1.82, 2.24) is 15.5 Å². The van der Waals surface area contributed by atoms with Gasteiger partial charge in [0.1, 0.15) is 0 Å². The summed E-state index contributed by atoms with van der Waals surface area (Å²) in [6.07, 6.45) is 5.69. The zero-order chi connectivity index (χ0) is 30.3. The SMILES string of the molecule is C=CC1=C(C=C)C(CN2CCC(CNC(=O)c3ccc4ccccc4c3)NC(CCCN=C(N)N)C2=O)c2ccccc21. The predicted molar refractivity (Wildman–Crippen MR) is 175 cm³/mol. The second-order valence-electron chi connectivity index (χ2n) is 11.1. The molecule has 2 aliphatic rings. The highest BCUT2D eigenvalue weighted by molar-refractivity contribution is 5.98. The van der Waals surface area contributed by atoms with Gasteiger partial charge in [0.15, 0.2) is 5.96 Å². The number of hydrogen-bond acceptors (Lipinski definition) is 4. The van der Waals surface area contributed by atoms with E-state index in [2.05, 4.69) is 40.9 Å². The van der Waals surface area contributed by atoms with Crippen molar-refractivity contribution in [2.45, 2.75) is 37.3 Å². The summed E-state index contributed by atoms with van der Waals surface area (Å²) in [6, 6.07) is 21.5. The third kappa shape index (κ3) is 6.70. The largest absolute Gasteiger partial charge is 0.370 e. The van der Waals surface area contributed by atoms with Gasteiger partial charge in [-0.25, -0.2) is 0 Å². The molecule has 3 unspecified atom stereocenters. The molecule has 3 aromatic rings. The van der Waals surface area contributed by atoms with E-state index in [4.69, 9.17) is 11.5 Å². The maximum atomic E-state index is 14.0. The van der Waals surface area contributed by atoms with Gasteiger partial charge >= 0.3 is 0 Å². The molecule has 2 amide bonds. The molecule has 0 saturated carbocycles. The number of hydrogen-bond donors (Lipinski definition) is 4. The van der Waals surface area contributed by atoms with Crippen molar-refractivity contribution >= 4 is 34.1 Å². The third-order valence-corrected chi connectivity index (χ3v) is 8.40. The molecular formula is C35H40N6O2. The number of carbonyl (C=O) groups is 2. The highest BCUT2D eigenvalue weighted by Gasteiger charge is 2.35. The molecule has 5 rings (SSSR count). The Labute approximate surface area is 253 Å². The number of aliphatic imine (C=N–C) groups is 1. The van der Waals surface area contributed by atoms with Crippen LogP contribution in [0.2, 0.25) is 0 Å². The maximum absolute atomic E-state index is 14.0. The van der Waals surface area contributed by atoms with Crippen LogP contribution in [0.5, 0.6) is 0 Å². The Morgan fingerprint density at radius 1 is 1.05 bits per heavy atom. The topological polar surface area (TPSA) is 126 Å². The average Bonchev–Trinajstić information content (AvgIpc) is 3.25. The molecule has 1 fully saturated rings. The van der Waals surface area contributed by atoms with Crippen molar-refractivity contribution < 1.29 is 9.59 Å². The van der Waals surface area contributed by atoms with Crippen LogP contribution in [-0.4, -0.2) is 60.9 Å². The monoisotopic (exact) mass is 576 g/mol. The summed E-state index contributed by atoms with van der Waals surface area (Å²) in [6.45, 7) is 10.1. The van der Waals surface area contributed by atoms with Gasteiger partial charge in [0.2, 0.25) is 5.91 Å². The fourth-order valence-corrected chi connectivity index (χ4v) is 6.24. The molecule has 1 aliphatic carbocycles. The van der Waals surface area contributed by atoms with E-state index in [1.807, 2.05) is 71.6 Å². The number of nitrogens with one attached hydrogen (secondary N) is 2. The number of benzene rings is 3. The maximum Gasteiger partial charge on any atom is 0.251 e. The zero-order valence-corrected chi connectivity index (χ0v) is 24.5. The summed E-state index contributed by atoms with van der Waals surface area (Å²) in [5.41, 5.74) is 16.1. The number of nitrogens with two attached hydrogens (primary N) is 2. The fourth-order valence-electron chi connectivity index (χ4n) is 6.24. The fraction of sp³-hybridized carbons (Fsp3) is 0.286. The van der Waals surface area contributed by atoms with Crippen molar-refractivity contribution in [3.63, 3.8) is 0 Å². The number of amides is 2. The number of nitrogens with zero attached hydrogens (tertiary/aromatic N) is 2. The number of fused-ring (bicyclic) bond motifs is 2. The first-order valence-corrected chi connectivity index (χ1v) is 14.8. The number of allylic oxidation sites excluding steroid dienone is 3. The summed E-state index contributed by atoms with van der Waals surface area (Å²) in [7, 11) is 0. The van der Waals surface area contributed by atoms with E-state index < -0.39 is 6.04 Å². The Bertz CT molecular complexity index is 1590. The van der Waals surface area contributed by atoms with Crippen molar-refractivity contribution in [3.8, 4) is 0 Å². The Balaban J connectivity index is 1.32. The number of carbonyl (C=O) groups excluding carboxylic acids is 2. The van der Waals surface area contributed by atoms with Crippen molar-refractivity contribution in [1.29, 1.82) is 0 Å². The van der Waals surface area contributed by atoms with Gasteiger partial charge in [0.05, 0.1) is 6.04 Å². The van der Waals surface area contributed by atoms with Crippen LogP contribution in [0.4, 0.5) is 0 Å². The standard InChI is InChI=1S/C35H40N6O2/c1-3-27-28(4-2)31(30-13-8-7-12-29(27)30)22-41-19-17-26(40-32(34(41)43)14-9-18-38-35(36)37)21-39-33(42)25-16-15-23-10-5-6-11-24(23)20-25/h3-8,10-13,15-16,20,26,31-32,40H,1-2,9,14,17-19,21-22H2,(H,39,42)(H4,36,37,38). The van der Waals surface area contributed by atoms with Crippen LogP contribution < -0.4 is 22.1 Å². The molecule has 1 heterocycles. The molecule has 0 spiro atoms. The van der Waals surface area contributed by atoms with Gasteiger partial charge in [-0.2, -0.15) is 0 Å². The second kappa shape index (κ2) is 13.5. The van der Waals surface area contributed by atoms with Crippen LogP contribution in [0, 0.1) is 0 Å². The van der Waals surface area contributed by atoms with E-state index in [1.165, 1.54) is 5.56 Å². The number of guanidine groups is 1. The van der Waals surface area contributed by atoms with Crippen LogP contribution in [0.25, 0.3) is 16.3 Å². The van der Waals surface area contributed by atoms with Gasteiger partial charge in [-0.1, -0.05) is 79.9 Å². The molecule has 0 aromatic heterocycles. The Morgan fingerprint density at radius 2 is 1.81 bits per heavy atom. The molecule has 0 radical (unpaired) electrons. The van der Waals surface area contributed by atoms with E-state index in [1.54, 1.807) is 0 Å². The summed E-state index contributed by atoms with van der Waals surface area (Å²) in [5.74, 6) is -0.0413. The predicted octanol–water partition coefficient (Wildman–Crippen LogP) is 4.11. The lowest BCUT2D eigenvalue weighted by Crippen LogP contribution is -2.49. The van der Waals surface area contributed by atoms with E-state index in [0.29, 0.717) is 51.0 Å². The molecule has 8 nitrogen and oxygen atoms in total. The van der Waals surface area contributed by atoms with Crippen LogP contribution in [0.15, 0.2) is 103 Å². The lowest BCUT2D eigenvalue weighted by molar-refractivity contribution is -0.133. The minimum Gasteiger partial charge on any atom is -0.370 e. The summed E-state index contributed by atoms with van der Waals surface area (Å²) < 4.78 is 0. The van der Waals surface area contributed by atoms with Gasteiger partial charge in [0.25, 0.3) is 5.91 Å². The van der Waals surface area contributed by atoms with E-state index in [0.717, 1.165) is 27.5 Å². The Hall–Kier alpha value is -4.69. The van der Waals surface area contributed by atoms with Gasteiger partial charge in [-0.3, -0.25) is 14.6 Å². The molecule has 1 saturated heterocycles. The first-order valence-electron chi connectivity index (χ1n) is 14.8.